The first-order chi connectivity index (χ1) is 6.72. The fourth-order valence-corrected chi connectivity index (χ4v) is 2.02. The van der Waals surface area contributed by atoms with Crippen molar-refractivity contribution in [1.82, 2.24) is 0 Å². The molecule has 1 aliphatic carbocycles. The molecule has 0 N–H and O–H groups in total. The summed E-state index contributed by atoms with van der Waals surface area (Å²) in [7, 11) is 0. The number of allylic oxidation sites excluding steroid dienone is 7. The molecule has 0 fully saturated rings. The van der Waals surface area contributed by atoms with Crippen LogP contribution in [0.4, 0.5) is 0 Å². The van der Waals surface area contributed by atoms with Crippen molar-refractivity contribution in [3.8, 4) is 0 Å². The summed E-state index contributed by atoms with van der Waals surface area (Å²) in [6.07, 6.45) is 14.4. The Labute approximate surface area is 95.2 Å². The van der Waals surface area contributed by atoms with Crippen LogP contribution in [0.5, 0.6) is 0 Å². The second-order valence-corrected chi connectivity index (χ2v) is 4.63. The van der Waals surface area contributed by atoms with Gasteiger partial charge >= 0.3 is 0 Å². The van der Waals surface area contributed by atoms with Crippen LogP contribution in [0.15, 0.2) is 47.0 Å². The standard InChI is InChI=1S/C13H17Br/c1-3-5-13(14)9-8-12-7-4-6-11(2)10-12/h3,5,8-10,12H,1,4,6-7H2,2H3/b9-8?,13-5+. The predicted molar refractivity (Wildman–Crippen MR) is 67.4 cm³/mol. The van der Waals surface area contributed by atoms with Gasteiger partial charge in [-0.2, -0.15) is 0 Å². The Balaban J connectivity index is 2.55. The zero-order valence-electron chi connectivity index (χ0n) is 8.67. The minimum absolute atomic E-state index is 0.620. The molecule has 0 saturated carbocycles. The van der Waals surface area contributed by atoms with E-state index in [9.17, 15) is 0 Å². The first kappa shape index (κ1) is 11.5. The maximum absolute atomic E-state index is 3.66. The molecule has 1 atom stereocenters. The fourth-order valence-electron chi connectivity index (χ4n) is 1.68. The van der Waals surface area contributed by atoms with Crippen molar-refractivity contribution in [3.05, 3.63) is 47.0 Å². The van der Waals surface area contributed by atoms with Crippen molar-refractivity contribution in [2.45, 2.75) is 26.2 Å². The predicted octanol–water partition coefficient (Wildman–Crippen LogP) is 4.75. The molecule has 1 unspecified atom stereocenters. The third-order valence-electron chi connectivity index (χ3n) is 2.39. The van der Waals surface area contributed by atoms with Gasteiger partial charge in [0.15, 0.2) is 0 Å². The minimum Gasteiger partial charge on any atom is -0.0990 e. The van der Waals surface area contributed by atoms with E-state index in [1.807, 2.05) is 6.08 Å². The van der Waals surface area contributed by atoms with E-state index in [-0.39, 0.29) is 0 Å². The van der Waals surface area contributed by atoms with Crippen LogP contribution in [-0.4, -0.2) is 0 Å². The maximum Gasteiger partial charge on any atom is 0.0172 e. The molecule has 0 heterocycles. The van der Waals surface area contributed by atoms with Gasteiger partial charge in [0.25, 0.3) is 0 Å². The largest absolute Gasteiger partial charge is 0.0990 e. The summed E-state index contributed by atoms with van der Waals surface area (Å²) < 4.78 is 1.09. The van der Waals surface area contributed by atoms with Gasteiger partial charge in [0.05, 0.1) is 0 Å². The lowest BCUT2D eigenvalue weighted by Gasteiger charge is -2.15. The third kappa shape index (κ3) is 4.10. The molecule has 14 heavy (non-hydrogen) atoms. The van der Waals surface area contributed by atoms with Crippen LogP contribution in [0, 0.1) is 5.92 Å². The van der Waals surface area contributed by atoms with Crippen LogP contribution in [0.3, 0.4) is 0 Å². The van der Waals surface area contributed by atoms with Gasteiger partial charge in [0.2, 0.25) is 0 Å². The Kier molecular flexibility index (Phi) is 4.95. The number of rotatable bonds is 3. The lowest BCUT2D eigenvalue weighted by molar-refractivity contribution is 0.611. The Morgan fingerprint density at radius 2 is 2.43 bits per heavy atom. The van der Waals surface area contributed by atoms with E-state index in [1.54, 1.807) is 6.08 Å². The topological polar surface area (TPSA) is 0 Å². The molecular formula is C13H17Br. The average Bonchev–Trinajstić information content (AvgIpc) is 2.15. The molecule has 0 nitrogen and oxygen atoms in total. The third-order valence-corrected chi connectivity index (χ3v) is 2.92. The number of hydrogen-bond donors (Lipinski definition) is 0. The molecule has 1 rings (SSSR count). The summed E-state index contributed by atoms with van der Waals surface area (Å²) >= 11 is 3.46. The molecule has 0 saturated heterocycles. The SMILES string of the molecule is C=C/C=C(/Br)C=CC1C=C(C)CCC1. The number of halogens is 1. The summed E-state index contributed by atoms with van der Waals surface area (Å²) in [4.78, 5) is 0. The first-order valence-electron chi connectivity index (χ1n) is 5.06. The normalized spacial score (nSPS) is 23.7. The van der Waals surface area contributed by atoms with Crippen molar-refractivity contribution in [3.63, 3.8) is 0 Å². The van der Waals surface area contributed by atoms with Crippen LogP contribution in [0.25, 0.3) is 0 Å². The van der Waals surface area contributed by atoms with E-state index in [0.717, 1.165) is 4.48 Å². The molecule has 0 radical (unpaired) electrons. The smallest absolute Gasteiger partial charge is 0.0172 e. The monoisotopic (exact) mass is 252 g/mol. The Bertz CT molecular complexity index is 282. The van der Waals surface area contributed by atoms with Gasteiger partial charge in [-0.3, -0.25) is 0 Å². The zero-order valence-corrected chi connectivity index (χ0v) is 10.3. The highest BCUT2D eigenvalue weighted by atomic mass is 79.9. The van der Waals surface area contributed by atoms with Gasteiger partial charge in [-0.1, -0.05) is 52.4 Å². The molecule has 0 spiro atoms. The van der Waals surface area contributed by atoms with Gasteiger partial charge < -0.3 is 0 Å². The van der Waals surface area contributed by atoms with Gasteiger partial charge in [0.1, 0.15) is 0 Å². The van der Waals surface area contributed by atoms with E-state index in [2.05, 4.69) is 47.7 Å². The molecule has 0 bridgehead atoms. The van der Waals surface area contributed by atoms with Crippen molar-refractivity contribution in [1.29, 1.82) is 0 Å². The second-order valence-electron chi connectivity index (χ2n) is 3.72. The molecule has 1 heteroatoms. The van der Waals surface area contributed by atoms with E-state index < -0.39 is 0 Å². The Morgan fingerprint density at radius 3 is 3.07 bits per heavy atom. The van der Waals surface area contributed by atoms with Gasteiger partial charge in [-0.15, -0.1) is 0 Å². The highest BCUT2D eigenvalue weighted by molar-refractivity contribution is 9.11. The second kappa shape index (κ2) is 6.02. The first-order valence-corrected chi connectivity index (χ1v) is 5.85. The number of hydrogen-bond acceptors (Lipinski definition) is 0. The van der Waals surface area contributed by atoms with Crippen LogP contribution >= 0.6 is 15.9 Å². The van der Waals surface area contributed by atoms with Crippen molar-refractivity contribution < 1.29 is 0 Å². The van der Waals surface area contributed by atoms with Gasteiger partial charge in [0, 0.05) is 4.48 Å². The maximum atomic E-state index is 3.66. The van der Waals surface area contributed by atoms with Crippen molar-refractivity contribution in [2.24, 2.45) is 5.92 Å². The van der Waals surface area contributed by atoms with E-state index >= 15 is 0 Å². The van der Waals surface area contributed by atoms with Crippen LogP contribution in [-0.2, 0) is 0 Å². The molecule has 1 aliphatic rings. The highest BCUT2D eigenvalue weighted by Gasteiger charge is 2.07. The molecule has 0 amide bonds. The summed E-state index contributed by atoms with van der Waals surface area (Å²) in [6, 6.07) is 0. The molecule has 0 aliphatic heterocycles. The average molecular weight is 253 g/mol. The molecule has 0 aromatic heterocycles. The zero-order chi connectivity index (χ0) is 10.4. The lowest BCUT2D eigenvalue weighted by atomic mass is 9.91. The van der Waals surface area contributed by atoms with E-state index in [0.29, 0.717) is 5.92 Å². The van der Waals surface area contributed by atoms with Crippen LogP contribution < -0.4 is 0 Å². The van der Waals surface area contributed by atoms with Crippen LogP contribution in [0.1, 0.15) is 26.2 Å². The molecule has 0 aromatic carbocycles. The summed E-state index contributed by atoms with van der Waals surface area (Å²) in [5, 5.41) is 0. The fraction of sp³-hybridized carbons (Fsp3) is 0.385. The summed E-state index contributed by atoms with van der Waals surface area (Å²) in [6.45, 7) is 5.87. The van der Waals surface area contributed by atoms with Gasteiger partial charge in [-0.05, 0) is 38.2 Å². The van der Waals surface area contributed by atoms with E-state index in [4.69, 9.17) is 0 Å². The van der Waals surface area contributed by atoms with E-state index in [1.165, 1.54) is 24.8 Å². The Hall–Kier alpha value is -0.560. The summed E-state index contributed by atoms with van der Waals surface area (Å²) in [5.41, 5.74) is 1.52. The molecule has 76 valence electrons. The lowest BCUT2D eigenvalue weighted by Crippen LogP contribution is -1.99. The van der Waals surface area contributed by atoms with Gasteiger partial charge in [-0.25, -0.2) is 0 Å². The molecule has 0 aromatic rings. The Morgan fingerprint density at radius 1 is 1.64 bits per heavy atom. The minimum atomic E-state index is 0.620. The van der Waals surface area contributed by atoms with Crippen molar-refractivity contribution in [2.75, 3.05) is 0 Å². The quantitative estimate of drug-likeness (QED) is 0.502. The molecular weight excluding hydrogens is 236 g/mol. The summed E-state index contributed by atoms with van der Waals surface area (Å²) in [5.74, 6) is 0.620. The van der Waals surface area contributed by atoms with Crippen LogP contribution in [0.2, 0.25) is 0 Å². The van der Waals surface area contributed by atoms with Crippen molar-refractivity contribution >= 4 is 15.9 Å². The highest BCUT2D eigenvalue weighted by Crippen LogP contribution is 2.24.